The molecule has 0 radical (unpaired) electrons. The largest absolute Gasteiger partial charge is 0.322 e. The van der Waals surface area contributed by atoms with Crippen molar-refractivity contribution in [1.29, 1.82) is 0 Å². The predicted octanol–water partition coefficient (Wildman–Crippen LogP) is 3.71. The van der Waals surface area contributed by atoms with Crippen LogP contribution in [0.4, 0.5) is 5.69 Å². The molecule has 1 N–H and O–H groups in total. The Balaban J connectivity index is 2.01. The van der Waals surface area contributed by atoms with Crippen LogP contribution in [0.1, 0.15) is 10.7 Å². The molecule has 0 aliphatic carbocycles. The van der Waals surface area contributed by atoms with E-state index in [4.69, 9.17) is 0 Å². The van der Waals surface area contributed by atoms with Crippen LogP contribution >= 0.6 is 33.9 Å². The van der Waals surface area contributed by atoms with Gasteiger partial charge in [-0.1, -0.05) is 12.1 Å². The molecule has 1 amide bonds. The molecule has 0 spiro atoms. The highest BCUT2D eigenvalue weighted by Crippen LogP contribution is 2.17. The SMILES string of the molecule is Cc1nc(/C=C/C(=O)Nc2ccccc2I)cs1. The fourth-order valence-electron chi connectivity index (χ4n) is 1.35. The third-order valence-electron chi connectivity index (χ3n) is 2.17. The number of carbonyl (C=O) groups is 1. The lowest BCUT2D eigenvalue weighted by molar-refractivity contribution is -0.111. The summed E-state index contributed by atoms with van der Waals surface area (Å²) in [5.74, 6) is -0.148. The molecule has 0 fully saturated rings. The quantitative estimate of drug-likeness (QED) is 0.661. The highest BCUT2D eigenvalue weighted by Gasteiger charge is 2.01. The Kier molecular flexibility index (Phi) is 4.48. The first-order valence-electron chi connectivity index (χ1n) is 5.31. The predicted molar refractivity (Wildman–Crippen MR) is 83.7 cm³/mol. The molecule has 2 rings (SSSR count). The van der Waals surface area contributed by atoms with E-state index >= 15 is 0 Å². The zero-order valence-electron chi connectivity index (χ0n) is 9.68. The molecular formula is C13H11IN2OS. The monoisotopic (exact) mass is 370 g/mol. The number of anilines is 1. The molecule has 1 aromatic heterocycles. The summed E-state index contributed by atoms with van der Waals surface area (Å²) in [6, 6.07) is 7.65. The van der Waals surface area contributed by atoms with Gasteiger partial charge in [0.15, 0.2) is 0 Å². The van der Waals surface area contributed by atoms with E-state index in [1.165, 1.54) is 6.08 Å². The molecule has 1 heterocycles. The highest BCUT2D eigenvalue weighted by molar-refractivity contribution is 14.1. The van der Waals surface area contributed by atoms with Gasteiger partial charge in [0.2, 0.25) is 5.91 Å². The summed E-state index contributed by atoms with van der Waals surface area (Å²) in [7, 11) is 0. The number of amides is 1. The van der Waals surface area contributed by atoms with Crippen LogP contribution in [0.25, 0.3) is 6.08 Å². The summed E-state index contributed by atoms with van der Waals surface area (Å²) in [4.78, 5) is 16.0. The maximum Gasteiger partial charge on any atom is 0.248 e. The van der Waals surface area contributed by atoms with Gasteiger partial charge in [-0.15, -0.1) is 11.3 Å². The van der Waals surface area contributed by atoms with E-state index in [1.54, 1.807) is 17.4 Å². The van der Waals surface area contributed by atoms with Gasteiger partial charge >= 0.3 is 0 Å². The molecule has 0 aliphatic rings. The molecule has 0 atom stereocenters. The van der Waals surface area contributed by atoms with Crippen molar-refractivity contribution in [1.82, 2.24) is 4.98 Å². The summed E-state index contributed by atoms with van der Waals surface area (Å²) >= 11 is 3.75. The topological polar surface area (TPSA) is 42.0 Å². The lowest BCUT2D eigenvalue weighted by atomic mass is 10.3. The zero-order valence-corrected chi connectivity index (χ0v) is 12.7. The second kappa shape index (κ2) is 6.10. The van der Waals surface area contributed by atoms with Gasteiger partial charge < -0.3 is 5.32 Å². The Morgan fingerprint density at radius 2 is 2.22 bits per heavy atom. The van der Waals surface area contributed by atoms with Crippen LogP contribution in [-0.2, 0) is 4.79 Å². The van der Waals surface area contributed by atoms with E-state index in [9.17, 15) is 4.79 Å². The van der Waals surface area contributed by atoms with Crippen LogP contribution < -0.4 is 5.32 Å². The van der Waals surface area contributed by atoms with Gasteiger partial charge in [0, 0.05) is 15.0 Å². The van der Waals surface area contributed by atoms with Crippen LogP contribution in [0.5, 0.6) is 0 Å². The van der Waals surface area contributed by atoms with Crippen LogP contribution in [0.15, 0.2) is 35.7 Å². The molecule has 0 bridgehead atoms. The number of para-hydroxylation sites is 1. The Bertz CT molecular complexity index is 592. The molecule has 0 aliphatic heterocycles. The van der Waals surface area contributed by atoms with Gasteiger partial charge in [0.25, 0.3) is 0 Å². The molecule has 3 nitrogen and oxygen atoms in total. The van der Waals surface area contributed by atoms with Gasteiger partial charge in [0.1, 0.15) is 0 Å². The van der Waals surface area contributed by atoms with E-state index in [0.29, 0.717) is 0 Å². The number of nitrogens with one attached hydrogen (secondary N) is 1. The molecule has 1 aromatic carbocycles. The van der Waals surface area contributed by atoms with Crippen LogP contribution in [-0.4, -0.2) is 10.9 Å². The molecule has 0 saturated heterocycles. The van der Waals surface area contributed by atoms with E-state index in [-0.39, 0.29) is 5.91 Å². The maximum absolute atomic E-state index is 11.7. The van der Waals surface area contributed by atoms with Crippen LogP contribution in [0.3, 0.4) is 0 Å². The summed E-state index contributed by atoms with van der Waals surface area (Å²) in [5, 5.41) is 5.74. The van der Waals surface area contributed by atoms with Crippen molar-refractivity contribution in [3.63, 3.8) is 0 Å². The Morgan fingerprint density at radius 1 is 1.44 bits per heavy atom. The summed E-state index contributed by atoms with van der Waals surface area (Å²) < 4.78 is 1.02. The number of hydrogen-bond donors (Lipinski definition) is 1. The number of rotatable bonds is 3. The Hall–Kier alpha value is -1.21. The standard InChI is InChI=1S/C13H11IN2OS/c1-9-15-10(8-18-9)6-7-13(17)16-12-5-3-2-4-11(12)14/h2-8H,1H3,(H,16,17)/b7-6+. The van der Waals surface area contributed by atoms with Gasteiger partial charge in [-0.25, -0.2) is 4.98 Å². The third kappa shape index (κ3) is 3.64. The molecule has 18 heavy (non-hydrogen) atoms. The van der Waals surface area contributed by atoms with Crippen molar-refractivity contribution in [3.8, 4) is 0 Å². The number of aryl methyl sites for hydroxylation is 1. The molecule has 2 aromatic rings. The van der Waals surface area contributed by atoms with Crippen LogP contribution in [0, 0.1) is 10.5 Å². The van der Waals surface area contributed by atoms with Crippen LogP contribution in [0.2, 0.25) is 0 Å². The summed E-state index contributed by atoms with van der Waals surface area (Å²) in [6.07, 6.45) is 3.21. The molecular weight excluding hydrogens is 359 g/mol. The zero-order chi connectivity index (χ0) is 13.0. The lowest BCUT2D eigenvalue weighted by Crippen LogP contribution is -2.08. The average Bonchev–Trinajstić information content (AvgIpc) is 2.76. The van der Waals surface area contributed by atoms with E-state index < -0.39 is 0 Å². The van der Waals surface area contributed by atoms with Gasteiger partial charge in [0.05, 0.1) is 16.4 Å². The normalized spacial score (nSPS) is 10.8. The fraction of sp³-hybridized carbons (Fsp3) is 0.0769. The lowest BCUT2D eigenvalue weighted by Gasteiger charge is -2.03. The minimum atomic E-state index is -0.148. The van der Waals surface area contributed by atoms with E-state index in [1.807, 2.05) is 36.6 Å². The minimum absolute atomic E-state index is 0.148. The number of carbonyl (C=O) groups excluding carboxylic acids is 1. The average molecular weight is 370 g/mol. The Morgan fingerprint density at radius 3 is 2.89 bits per heavy atom. The van der Waals surface area contributed by atoms with E-state index in [0.717, 1.165) is 20.0 Å². The van der Waals surface area contributed by atoms with E-state index in [2.05, 4.69) is 32.9 Å². The molecule has 0 saturated carbocycles. The maximum atomic E-state index is 11.7. The highest BCUT2D eigenvalue weighted by atomic mass is 127. The van der Waals surface area contributed by atoms with Gasteiger partial charge in [-0.2, -0.15) is 0 Å². The van der Waals surface area contributed by atoms with Crippen molar-refractivity contribution in [3.05, 3.63) is 50.0 Å². The number of nitrogens with zero attached hydrogens (tertiary/aromatic N) is 1. The number of thiazole rings is 1. The van der Waals surface area contributed by atoms with Gasteiger partial charge in [-0.3, -0.25) is 4.79 Å². The first-order chi connectivity index (χ1) is 8.65. The van der Waals surface area contributed by atoms with Crippen molar-refractivity contribution in [2.75, 3.05) is 5.32 Å². The van der Waals surface area contributed by atoms with Crippen molar-refractivity contribution in [2.24, 2.45) is 0 Å². The van der Waals surface area contributed by atoms with Gasteiger partial charge in [-0.05, 0) is 47.7 Å². The number of benzene rings is 1. The van der Waals surface area contributed by atoms with Crippen molar-refractivity contribution < 1.29 is 4.79 Å². The number of halogens is 1. The van der Waals surface area contributed by atoms with Crippen molar-refractivity contribution >= 4 is 51.6 Å². The molecule has 0 unspecified atom stereocenters. The minimum Gasteiger partial charge on any atom is -0.322 e. The molecule has 92 valence electrons. The first-order valence-corrected chi connectivity index (χ1v) is 7.27. The smallest absolute Gasteiger partial charge is 0.248 e. The fourth-order valence-corrected chi connectivity index (χ4v) is 2.46. The summed E-state index contributed by atoms with van der Waals surface area (Å²) in [5.41, 5.74) is 1.64. The number of hydrogen-bond acceptors (Lipinski definition) is 3. The van der Waals surface area contributed by atoms with Crippen molar-refractivity contribution in [2.45, 2.75) is 6.92 Å². The number of aromatic nitrogens is 1. The Labute approximate surface area is 123 Å². The molecule has 5 heteroatoms. The first kappa shape index (κ1) is 13.2. The summed E-state index contributed by atoms with van der Waals surface area (Å²) in [6.45, 7) is 1.94. The third-order valence-corrected chi connectivity index (χ3v) is 3.91. The second-order valence-electron chi connectivity index (χ2n) is 3.59. The second-order valence-corrected chi connectivity index (χ2v) is 5.82.